The van der Waals surface area contributed by atoms with Crippen molar-refractivity contribution in [3.8, 4) is 0 Å². The average Bonchev–Trinajstić information content (AvgIpc) is 2.18. The first-order valence-electron chi connectivity index (χ1n) is 5.87. The monoisotopic (exact) mass is 266 g/mol. The Kier molecular flexibility index (Phi) is 13.7. The Morgan fingerprint density at radius 3 is 2.12 bits per heavy atom. The third kappa shape index (κ3) is 9.50. The molecule has 0 aliphatic rings. The third-order valence-corrected chi connectivity index (χ3v) is 5.27. The fourth-order valence-electron chi connectivity index (χ4n) is 1.56. The van der Waals surface area contributed by atoms with Crippen LogP contribution in [0, 0.1) is 0 Å². The first-order valence-corrected chi connectivity index (χ1v) is 8.39. The summed E-state index contributed by atoms with van der Waals surface area (Å²) in [6.07, 6.45) is 1.10. The second-order valence-corrected chi connectivity index (χ2v) is 6.99. The molecule has 100 valence electrons. The van der Waals surface area contributed by atoms with Crippen LogP contribution in [0.5, 0.6) is 0 Å². The van der Waals surface area contributed by atoms with E-state index in [2.05, 4.69) is 11.9 Å². The minimum absolute atomic E-state index is 0. The van der Waals surface area contributed by atoms with E-state index in [-0.39, 0.29) is 11.0 Å². The van der Waals surface area contributed by atoms with Crippen LogP contribution >= 0.6 is 0 Å². The van der Waals surface area contributed by atoms with Gasteiger partial charge in [0.25, 0.3) is 0 Å². The number of nitrogens with two attached hydrogens (primary N) is 1. The summed E-state index contributed by atoms with van der Waals surface area (Å²) in [5, 5.41) is 3.28. The van der Waals surface area contributed by atoms with Gasteiger partial charge in [0, 0.05) is 26.3 Å². The maximum atomic E-state index is 5.74. The minimum Gasteiger partial charge on any atom is -0.395 e. The number of hydrogen-bond donors (Lipinski definition) is 2. The van der Waals surface area contributed by atoms with Crippen LogP contribution in [-0.4, -0.2) is 52.4 Å². The highest BCUT2D eigenvalue weighted by Gasteiger charge is 2.29. The van der Waals surface area contributed by atoms with E-state index in [4.69, 9.17) is 14.6 Å². The van der Waals surface area contributed by atoms with E-state index in [1.807, 2.05) is 13.8 Å². The van der Waals surface area contributed by atoms with E-state index in [1.54, 1.807) is 0 Å². The molecule has 0 saturated heterocycles. The lowest BCUT2D eigenvalue weighted by Crippen LogP contribution is -2.39. The molecule has 0 unspecified atom stereocenters. The molecule has 0 spiro atoms. The van der Waals surface area contributed by atoms with Crippen molar-refractivity contribution in [2.24, 2.45) is 5.73 Å². The summed E-state index contributed by atoms with van der Waals surface area (Å²) >= 11 is 0. The van der Waals surface area contributed by atoms with E-state index in [0.29, 0.717) is 6.54 Å². The SMILES string of the molecule is CCO[Si](C)(CCCNCCN)OCC.[SiH4]. The molecule has 16 heavy (non-hydrogen) atoms. The van der Waals surface area contributed by atoms with Crippen molar-refractivity contribution in [1.29, 1.82) is 0 Å². The van der Waals surface area contributed by atoms with Crippen LogP contribution in [0.25, 0.3) is 0 Å². The fourth-order valence-corrected chi connectivity index (χ4v) is 3.97. The normalized spacial score (nSPS) is 11.2. The highest BCUT2D eigenvalue weighted by molar-refractivity contribution is 6.66. The molecular formula is C10H30N2O2Si2. The molecule has 0 aromatic carbocycles. The molecule has 0 heterocycles. The molecule has 0 aromatic rings. The molecule has 0 bridgehead atoms. The molecule has 0 atom stereocenters. The van der Waals surface area contributed by atoms with Crippen LogP contribution in [0.1, 0.15) is 20.3 Å². The zero-order valence-corrected chi connectivity index (χ0v) is 11.3. The van der Waals surface area contributed by atoms with Gasteiger partial charge in [-0.1, -0.05) is 0 Å². The molecule has 0 aliphatic heterocycles. The lowest BCUT2D eigenvalue weighted by atomic mass is 10.5. The first-order chi connectivity index (χ1) is 7.18. The molecule has 4 nitrogen and oxygen atoms in total. The summed E-state index contributed by atoms with van der Waals surface area (Å²) < 4.78 is 11.5. The maximum absolute atomic E-state index is 5.74. The molecule has 0 radical (unpaired) electrons. The van der Waals surface area contributed by atoms with Crippen molar-refractivity contribution in [1.82, 2.24) is 5.32 Å². The zero-order chi connectivity index (χ0) is 11.6. The van der Waals surface area contributed by atoms with Gasteiger partial charge in [0.1, 0.15) is 0 Å². The molecule has 6 heteroatoms. The first kappa shape index (κ1) is 18.6. The molecular weight excluding hydrogens is 236 g/mol. The lowest BCUT2D eigenvalue weighted by molar-refractivity contribution is 0.188. The van der Waals surface area contributed by atoms with Crippen LogP contribution in [0.15, 0.2) is 0 Å². The molecule has 0 fully saturated rings. The van der Waals surface area contributed by atoms with Gasteiger partial charge in [-0.05, 0) is 50.4 Å². The predicted molar refractivity (Wildman–Crippen MR) is 77.6 cm³/mol. The number of hydrogen-bond acceptors (Lipinski definition) is 4. The third-order valence-electron chi connectivity index (χ3n) is 2.20. The minimum atomic E-state index is -1.88. The Morgan fingerprint density at radius 1 is 1.12 bits per heavy atom. The van der Waals surface area contributed by atoms with Crippen molar-refractivity contribution in [3.05, 3.63) is 0 Å². The molecule has 0 amide bonds. The number of nitrogens with one attached hydrogen (secondary N) is 1. The second kappa shape index (κ2) is 11.8. The smallest absolute Gasteiger partial charge is 0.334 e. The summed E-state index contributed by atoms with van der Waals surface area (Å²) in [6.45, 7) is 10.3. The van der Waals surface area contributed by atoms with Gasteiger partial charge in [-0.15, -0.1) is 0 Å². The van der Waals surface area contributed by atoms with E-state index in [1.165, 1.54) is 0 Å². The van der Waals surface area contributed by atoms with E-state index < -0.39 is 8.56 Å². The maximum Gasteiger partial charge on any atom is 0.334 e. The van der Waals surface area contributed by atoms with Gasteiger partial charge < -0.3 is 19.9 Å². The average molecular weight is 267 g/mol. The summed E-state index contributed by atoms with van der Waals surface area (Å²) in [6, 6.07) is 1.05. The molecule has 0 saturated carbocycles. The van der Waals surface area contributed by atoms with Crippen LogP contribution in [0.2, 0.25) is 12.6 Å². The Hall–Kier alpha value is 0.274. The number of rotatable bonds is 10. The van der Waals surface area contributed by atoms with Crippen molar-refractivity contribution >= 4 is 19.5 Å². The molecule has 0 rings (SSSR count). The standard InChI is InChI=1S/C10H26N2O2Si.H4Si/c1-4-13-15(3,14-5-2)10-6-8-12-9-7-11;/h12H,4-11H2,1-3H3;1H4. The van der Waals surface area contributed by atoms with Crippen molar-refractivity contribution < 1.29 is 8.85 Å². The Balaban J connectivity index is 0. The van der Waals surface area contributed by atoms with E-state index >= 15 is 0 Å². The van der Waals surface area contributed by atoms with Gasteiger partial charge in [-0.2, -0.15) is 0 Å². The Labute approximate surface area is 106 Å². The van der Waals surface area contributed by atoms with Crippen LogP contribution in [-0.2, 0) is 8.85 Å². The van der Waals surface area contributed by atoms with Crippen LogP contribution < -0.4 is 11.1 Å². The quantitative estimate of drug-likeness (QED) is 0.418. The highest BCUT2D eigenvalue weighted by Crippen LogP contribution is 2.15. The largest absolute Gasteiger partial charge is 0.395 e. The zero-order valence-electron chi connectivity index (χ0n) is 10.3. The lowest BCUT2D eigenvalue weighted by Gasteiger charge is -2.25. The van der Waals surface area contributed by atoms with E-state index in [0.717, 1.165) is 38.8 Å². The fraction of sp³-hybridized carbons (Fsp3) is 1.00. The van der Waals surface area contributed by atoms with Crippen molar-refractivity contribution in [3.63, 3.8) is 0 Å². The molecule has 3 N–H and O–H groups in total. The highest BCUT2D eigenvalue weighted by atomic mass is 28.4. The summed E-state index contributed by atoms with van der Waals surface area (Å²) in [7, 11) is -1.88. The van der Waals surface area contributed by atoms with Gasteiger partial charge in [0.2, 0.25) is 0 Å². The topological polar surface area (TPSA) is 56.5 Å². The predicted octanol–water partition coefficient (Wildman–Crippen LogP) is -0.382. The van der Waals surface area contributed by atoms with Crippen molar-refractivity contribution in [2.45, 2.75) is 32.9 Å². The Morgan fingerprint density at radius 2 is 1.69 bits per heavy atom. The van der Waals surface area contributed by atoms with Gasteiger partial charge >= 0.3 is 8.56 Å². The van der Waals surface area contributed by atoms with Gasteiger partial charge in [-0.3, -0.25) is 0 Å². The Bertz CT molecular complexity index is 145. The van der Waals surface area contributed by atoms with Gasteiger partial charge in [-0.25, -0.2) is 0 Å². The second-order valence-electron chi connectivity index (χ2n) is 3.64. The summed E-state index contributed by atoms with van der Waals surface area (Å²) in [4.78, 5) is 0. The van der Waals surface area contributed by atoms with E-state index in [9.17, 15) is 0 Å². The van der Waals surface area contributed by atoms with Crippen LogP contribution in [0.3, 0.4) is 0 Å². The van der Waals surface area contributed by atoms with Gasteiger partial charge in [0.05, 0.1) is 0 Å². The summed E-state index contributed by atoms with van der Waals surface area (Å²) in [5.41, 5.74) is 5.39. The van der Waals surface area contributed by atoms with Crippen molar-refractivity contribution in [2.75, 3.05) is 32.8 Å². The molecule has 0 aromatic heterocycles. The van der Waals surface area contributed by atoms with Crippen LogP contribution in [0.4, 0.5) is 0 Å². The summed E-state index contributed by atoms with van der Waals surface area (Å²) in [5.74, 6) is 0. The van der Waals surface area contributed by atoms with Gasteiger partial charge in [0.15, 0.2) is 0 Å². The molecule has 0 aliphatic carbocycles.